The third-order valence-corrected chi connectivity index (χ3v) is 5.96. The molecule has 1 saturated carbocycles. The van der Waals surface area contributed by atoms with E-state index in [1.807, 2.05) is 32.0 Å². The number of fused-ring (bicyclic) bond motifs is 1. The van der Waals surface area contributed by atoms with Crippen LogP contribution in [0, 0.1) is 6.92 Å². The first kappa shape index (κ1) is 19.7. The van der Waals surface area contributed by atoms with Gasteiger partial charge in [0.1, 0.15) is 10.9 Å². The highest BCUT2D eigenvalue weighted by Gasteiger charge is 2.29. The summed E-state index contributed by atoms with van der Waals surface area (Å²) in [4.78, 5) is 33.7. The van der Waals surface area contributed by atoms with Crippen LogP contribution in [0.1, 0.15) is 66.1 Å². The second kappa shape index (κ2) is 8.02. The van der Waals surface area contributed by atoms with Gasteiger partial charge in [0.2, 0.25) is 12.7 Å². The number of amides is 1. The summed E-state index contributed by atoms with van der Waals surface area (Å²) in [6.45, 7) is 5.47. The first-order valence-electron chi connectivity index (χ1n) is 9.63. The Balaban J connectivity index is 1.42. The second-order valence-electron chi connectivity index (χ2n) is 7.37. The zero-order valence-electron chi connectivity index (χ0n) is 16.7. The molecule has 0 unspecified atom stereocenters. The molecule has 4 rings (SSSR count). The first-order valence-corrected chi connectivity index (χ1v) is 10.6. The van der Waals surface area contributed by atoms with Crippen molar-refractivity contribution < 1.29 is 19.1 Å². The third kappa shape index (κ3) is 4.37. The van der Waals surface area contributed by atoms with E-state index in [0.29, 0.717) is 33.7 Å². The summed E-state index contributed by atoms with van der Waals surface area (Å²) in [5.74, 6) is 2.53. The number of nitrogens with zero attached hydrogens (tertiary/aromatic N) is 2. The summed E-state index contributed by atoms with van der Waals surface area (Å²) < 4.78 is 10.7. The normalized spacial score (nSPS) is 15.8. The van der Waals surface area contributed by atoms with Crippen molar-refractivity contribution in [2.45, 2.75) is 50.6 Å². The number of carbonyl (C=O) groups excluding carboxylic acids is 2. The Morgan fingerprint density at radius 2 is 2.00 bits per heavy atom. The lowest BCUT2D eigenvalue weighted by molar-refractivity contribution is -0.119. The molecular weight excluding hydrogens is 390 g/mol. The van der Waals surface area contributed by atoms with Gasteiger partial charge >= 0.3 is 0 Å². The van der Waals surface area contributed by atoms with Crippen LogP contribution in [0.2, 0.25) is 0 Å². The number of thioether (sulfide) groups is 1. The highest BCUT2D eigenvalue weighted by atomic mass is 32.2. The Bertz CT molecular complexity index is 975. The van der Waals surface area contributed by atoms with E-state index in [0.717, 1.165) is 24.2 Å². The van der Waals surface area contributed by atoms with Crippen molar-refractivity contribution in [2.75, 3.05) is 12.5 Å². The maximum Gasteiger partial charge on any atom is 0.231 e. The maximum atomic E-state index is 12.5. The minimum absolute atomic E-state index is 0.0820. The van der Waals surface area contributed by atoms with E-state index < -0.39 is 0 Å². The van der Waals surface area contributed by atoms with Gasteiger partial charge in [0.15, 0.2) is 17.3 Å². The van der Waals surface area contributed by atoms with Gasteiger partial charge in [0.25, 0.3) is 0 Å². The second-order valence-corrected chi connectivity index (χ2v) is 8.33. The molecule has 0 radical (unpaired) electrons. The number of hydrogen-bond acceptors (Lipinski definition) is 7. The SMILES string of the molecule is CC(=O)c1c(C)nc(C2CC2)nc1SCC(=O)N[C@H](C)c1ccc2c(c1)OCO2. The molecule has 0 spiro atoms. The number of hydrogen-bond donors (Lipinski definition) is 1. The molecule has 1 aromatic heterocycles. The lowest BCUT2D eigenvalue weighted by Crippen LogP contribution is -2.28. The fraction of sp³-hybridized carbons (Fsp3) is 0.429. The molecule has 1 aromatic carbocycles. The molecule has 7 nitrogen and oxygen atoms in total. The summed E-state index contributed by atoms with van der Waals surface area (Å²) in [5, 5.41) is 3.58. The summed E-state index contributed by atoms with van der Waals surface area (Å²) in [6.07, 6.45) is 2.16. The highest BCUT2D eigenvalue weighted by Crippen LogP contribution is 2.39. The van der Waals surface area contributed by atoms with Gasteiger partial charge in [-0.15, -0.1) is 0 Å². The molecule has 1 N–H and O–H groups in total. The number of nitrogens with one attached hydrogen (secondary N) is 1. The molecule has 1 fully saturated rings. The van der Waals surface area contributed by atoms with Crippen LogP contribution in [-0.2, 0) is 4.79 Å². The number of Topliss-reactive ketones (excluding diaryl/α,β-unsaturated/α-hetero) is 1. The smallest absolute Gasteiger partial charge is 0.231 e. The highest BCUT2D eigenvalue weighted by molar-refractivity contribution is 8.00. The lowest BCUT2D eigenvalue weighted by Gasteiger charge is -2.15. The van der Waals surface area contributed by atoms with Crippen molar-refractivity contribution in [3.8, 4) is 11.5 Å². The van der Waals surface area contributed by atoms with Crippen molar-refractivity contribution in [3.05, 3.63) is 40.8 Å². The van der Waals surface area contributed by atoms with Crippen LogP contribution in [0.3, 0.4) is 0 Å². The van der Waals surface area contributed by atoms with Gasteiger partial charge in [-0.3, -0.25) is 9.59 Å². The Morgan fingerprint density at radius 3 is 2.72 bits per heavy atom. The standard InChI is InChI=1S/C21H23N3O4S/c1-11(15-6-7-16-17(8-15)28-10-27-16)22-18(26)9-29-21-19(13(3)25)12(2)23-20(24-21)14-4-5-14/h6-8,11,14H,4-5,9-10H2,1-3H3,(H,22,26)/t11-/m1/s1. The van der Waals surface area contributed by atoms with Crippen LogP contribution in [-0.4, -0.2) is 34.2 Å². The molecule has 1 aliphatic carbocycles. The average molecular weight is 413 g/mol. The molecule has 29 heavy (non-hydrogen) atoms. The van der Waals surface area contributed by atoms with E-state index in [1.54, 1.807) is 0 Å². The maximum absolute atomic E-state index is 12.5. The van der Waals surface area contributed by atoms with Crippen molar-refractivity contribution >= 4 is 23.5 Å². The van der Waals surface area contributed by atoms with Gasteiger partial charge in [0, 0.05) is 5.92 Å². The minimum atomic E-state index is -0.181. The van der Waals surface area contributed by atoms with Crippen molar-refractivity contribution in [3.63, 3.8) is 0 Å². The van der Waals surface area contributed by atoms with Crippen LogP contribution in [0.25, 0.3) is 0 Å². The van der Waals surface area contributed by atoms with Crippen LogP contribution in [0.4, 0.5) is 0 Å². The number of ether oxygens (including phenoxy) is 2. The molecule has 0 saturated heterocycles. The minimum Gasteiger partial charge on any atom is -0.454 e. The van der Waals surface area contributed by atoms with Gasteiger partial charge in [0.05, 0.1) is 23.1 Å². The van der Waals surface area contributed by atoms with Gasteiger partial charge in [-0.2, -0.15) is 0 Å². The molecule has 2 aliphatic rings. The molecule has 8 heteroatoms. The van der Waals surface area contributed by atoms with Crippen LogP contribution in [0.5, 0.6) is 11.5 Å². The molecule has 152 valence electrons. The molecule has 1 atom stereocenters. The first-order chi connectivity index (χ1) is 13.9. The number of benzene rings is 1. The number of rotatable bonds is 7. The predicted octanol–water partition coefficient (Wildman–Crippen LogP) is 3.56. The number of aromatic nitrogens is 2. The zero-order chi connectivity index (χ0) is 20.5. The summed E-state index contributed by atoms with van der Waals surface area (Å²) in [6, 6.07) is 5.45. The summed E-state index contributed by atoms with van der Waals surface area (Å²) in [5.41, 5.74) is 2.13. The molecule has 0 bridgehead atoms. The summed E-state index contributed by atoms with van der Waals surface area (Å²) >= 11 is 1.29. The number of carbonyl (C=O) groups is 2. The topological polar surface area (TPSA) is 90.4 Å². The number of aryl methyl sites for hydroxylation is 1. The van der Waals surface area contributed by atoms with Crippen LogP contribution in [0.15, 0.2) is 23.2 Å². The molecule has 2 heterocycles. The van der Waals surface area contributed by atoms with Crippen molar-refractivity contribution in [1.29, 1.82) is 0 Å². The van der Waals surface area contributed by atoms with Gasteiger partial charge < -0.3 is 14.8 Å². The average Bonchev–Trinajstić information content (AvgIpc) is 3.42. The fourth-order valence-electron chi connectivity index (χ4n) is 3.28. The molecule has 2 aromatic rings. The largest absolute Gasteiger partial charge is 0.454 e. The van der Waals surface area contributed by atoms with E-state index in [9.17, 15) is 9.59 Å². The Hall–Kier alpha value is -2.61. The van der Waals surface area contributed by atoms with Gasteiger partial charge in [-0.25, -0.2) is 9.97 Å². The monoisotopic (exact) mass is 413 g/mol. The molecular formula is C21H23N3O4S. The van der Waals surface area contributed by atoms with Crippen LogP contribution < -0.4 is 14.8 Å². The quantitative estimate of drug-likeness (QED) is 0.422. The summed E-state index contributed by atoms with van der Waals surface area (Å²) in [7, 11) is 0. The molecule has 1 aliphatic heterocycles. The number of ketones is 1. The Kier molecular flexibility index (Phi) is 5.45. The predicted molar refractivity (Wildman–Crippen MR) is 109 cm³/mol. The van der Waals surface area contributed by atoms with E-state index in [2.05, 4.69) is 15.3 Å². The van der Waals surface area contributed by atoms with E-state index in [-0.39, 0.29) is 30.3 Å². The molecule has 1 amide bonds. The van der Waals surface area contributed by atoms with Crippen molar-refractivity contribution in [2.24, 2.45) is 0 Å². The van der Waals surface area contributed by atoms with Gasteiger partial charge in [-0.05, 0) is 51.3 Å². The van der Waals surface area contributed by atoms with E-state index in [1.165, 1.54) is 18.7 Å². The Morgan fingerprint density at radius 1 is 1.24 bits per heavy atom. The van der Waals surface area contributed by atoms with E-state index in [4.69, 9.17) is 9.47 Å². The third-order valence-electron chi connectivity index (χ3n) is 4.98. The van der Waals surface area contributed by atoms with Gasteiger partial charge in [-0.1, -0.05) is 17.8 Å². The van der Waals surface area contributed by atoms with E-state index >= 15 is 0 Å². The van der Waals surface area contributed by atoms with Crippen LogP contribution >= 0.6 is 11.8 Å². The zero-order valence-corrected chi connectivity index (χ0v) is 17.5. The Labute approximate surface area is 173 Å². The lowest BCUT2D eigenvalue weighted by atomic mass is 10.1. The van der Waals surface area contributed by atoms with Crippen molar-refractivity contribution in [1.82, 2.24) is 15.3 Å². The fourth-order valence-corrected chi connectivity index (χ4v) is 4.23.